The summed E-state index contributed by atoms with van der Waals surface area (Å²) in [5.41, 5.74) is 4.69. The van der Waals surface area contributed by atoms with Crippen LogP contribution in [0.25, 0.3) is 0 Å². The molecule has 1 aliphatic heterocycles. The van der Waals surface area contributed by atoms with Crippen LogP contribution in [0.4, 0.5) is 0 Å². The number of methoxy groups -OCH3 is 2. The molecule has 1 N–H and O–H groups in total. The molecule has 7 heteroatoms. The molecule has 0 saturated carbocycles. The Kier molecular flexibility index (Phi) is 7.70. The van der Waals surface area contributed by atoms with Gasteiger partial charge in [-0.15, -0.1) is 0 Å². The van der Waals surface area contributed by atoms with Gasteiger partial charge in [-0.1, -0.05) is 23.7 Å². The highest BCUT2D eigenvalue weighted by Gasteiger charge is 2.25. The molecule has 1 saturated heterocycles. The Morgan fingerprint density at radius 3 is 2.74 bits per heavy atom. The third kappa shape index (κ3) is 5.51. The molecule has 0 radical (unpaired) electrons. The predicted molar refractivity (Wildman–Crippen MR) is 134 cm³/mol. The number of hydrogen-bond donors (Lipinski definition) is 1. The number of aromatic nitrogens is 1. The number of hydrogen-bond acceptors (Lipinski definition) is 5. The Bertz CT molecular complexity index is 1170. The van der Waals surface area contributed by atoms with Crippen LogP contribution in [0, 0.1) is 6.92 Å². The highest BCUT2D eigenvalue weighted by molar-refractivity contribution is 6.31. The van der Waals surface area contributed by atoms with E-state index in [0.29, 0.717) is 23.0 Å². The lowest BCUT2D eigenvalue weighted by atomic mass is 10.0. The number of benzene rings is 2. The van der Waals surface area contributed by atoms with Crippen molar-refractivity contribution in [2.24, 2.45) is 0 Å². The van der Waals surface area contributed by atoms with E-state index < -0.39 is 0 Å². The molecule has 34 heavy (non-hydrogen) atoms. The van der Waals surface area contributed by atoms with Crippen molar-refractivity contribution in [3.63, 3.8) is 0 Å². The molecule has 4 rings (SSSR count). The molecule has 1 atom stereocenters. The van der Waals surface area contributed by atoms with Crippen molar-refractivity contribution in [3.8, 4) is 11.5 Å². The second-order valence-corrected chi connectivity index (χ2v) is 9.00. The average Bonchev–Trinajstić information content (AvgIpc) is 3.33. The van der Waals surface area contributed by atoms with Crippen molar-refractivity contribution >= 4 is 17.5 Å². The molecule has 6 nitrogen and oxygen atoms in total. The van der Waals surface area contributed by atoms with Gasteiger partial charge in [-0.3, -0.25) is 14.7 Å². The van der Waals surface area contributed by atoms with Crippen molar-refractivity contribution in [3.05, 3.63) is 87.7 Å². The number of halogens is 1. The Hall–Kier alpha value is -3.09. The standard InChI is InChI=1S/C27H30ClN3O3/c1-18-22(5-4-6-23(18)28)27(32)30-15-19-9-11-29-24(13-19)21-10-12-31(17-21)16-20-7-8-25(33-2)26(14-20)34-3/h4-9,11,13-14,21H,10,12,15-17H2,1-3H3,(H,30,32). The molecular weight excluding hydrogens is 450 g/mol. The quantitative estimate of drug-likeness (QED) is 0.493. The fraction of sp³-hybridized carbons (Fsp3) is 0.333. The van der Waals surface area contributed by atoms with Crippen LogP contribution < -0.4 is 14.8 Å². The minimum Gasteiger partial charge on any atom is -0.493 e. The van der Waals surface area contributed by atoms with Gasteiger partial charge in [0.2, 0.25) is 0 Å². The van der Waals surface area contributed by atoms with E-state index in [2.05, 4.69) is 27.3 Å². The number of ether oxygens (including phenoxy) is 2. The molecular formula is C27H30ClN3O3. The molecule has 1 fully saturated rings. The first-order valence-electron chi connectivity index (χ1n) is 11.4. The third-order valence-electron chi connectivity index (χ3n) is 6.36. The lowest BCUT2D eigenvalue weighted by Crippen LogP contribution is -2.24. The summed E-state index contributed by atoms with van der Waals surface area (Å²) in [5.74, 6) is 1.73. The second-order valence-electron chi connectivity index (χ2n) is 8.59. The minimum absolute atomic E-state index is 0.125. The van der Waals surface area contributed by atoms with Crippen molar-refractivity contribution in [1.29, 1.82) is 0 Å². The van der Waals surface area contributed by atoms with E-state index in [9.17, 15) is 4.79 Å². The van der Waals surface area contributed by atoms with Gasteiger partial charge in [0.05, 0.1) is 14.2 Å². The number of nitrogens with one attached hydrogen (secondary N) is 1. The van der Waals surface area contributed by atoms with Gasteiger partial charge in [-0.2, -0.15) is 0 Å². The summed E-state index contributed by atoms with van der Waals surface area (Å²) >= 11 is 6.16. The van der Waals surface area contributed by atoms with E-state index >= 15 is 0 Å². The maximum Gasteiger partial charge on any atom is 0.251 e. The largest absolute Gasteiger partial charge is 0.493 e. The average molecular weight is 480 g/mol. The van der Waals surface area contributed by atoms with Gasteiger partial charge in [0.25, 0.3) is 5.91 Å². The third-order valence-corrected chi connectivity index (χ3v) is 6.77. The SMILES string of the molecule is COc1ccc(CN2CCC(c3cc(CNC(=O)c4cccc(Cl)c4C)ccn3)C2)cc1OC. The van der Waals surface area contributed by atoms with Crippen LogP contribution >= 0.6 is 11.6 Å². The maximum absolute atomic E-state index is 12.6. The number of likely N-dealkylation sites (tertiary alicyclic amines) is 1. The van der Waals surface area contributed by atoms with Gasteiger partial charge < -0.3 is 14.8 Å². The van der Waals surface area contributed by atoms with Crippen molar-refractivity contribution in [2.45, 2.75) is 32.4 Å². The van der Waals surface area contributed by atoms with Gasteiger partial charge in [-0.25, -0.2) is 0 Å². The zero-order chi connectivity index (χ0) is 24.1. The fourth-order valence-electron chi connectivity index (χ4n) is 4.41. The van der Waals surface area contributed by atoms with Crippen LogP contribution in [0.2, 0.25) is 5.02 Å². The van der Waals surface area contributed by atoms with Crippen LogP contribution in [-0.2, 0) is 13.1 Å². The van der Waals surface area contributed by atoms with E-state index in [4.69, 9.17) is 21.1 Å². The number of carbonyl (C=O) groups excluding carboxylic acids is 1. The maximum atomic E-state index is 12.6. The molecule has 0 bridgehead atoms. The molecule has 3 aromatic rings. The second kappa shape index (κ2) is 10.9. The Morgan fingerprint density at radius 2 is 1.94 bits per heavy atom. The van der Waals surface area contributed by atoms with Gasteiger partial charge >= 0.3 is 0 Å². The summed E-state index contributed by atoms with van der Waals surface area (Å²) < 4.78 is 10.8. The van der Waals surface area contributed by atoms with Gasteiger partial charge in [0, 0.05) is 48.0 Å². The van der Waals surface area contributed by atoms with Crippen molar-refractivity contribution < 1.29 is 14.3 Å². The van der Waals surface area contributed by atoms with Crippen LogP contribution in [0.3, 0.4) is 0 Å². The fourth-order valence-corrected chi connectivity index (χ4v) is 4.59. The first kappa shape index (κ1) is 24.0. The number of rotatable bonds is 8. The monoisotopic (exact) mass is 479 g/mol. The lowest BCUT2D eigenvalue weighted by molar-refractivity contribution is 0.0950. The summed E-state index contributed by atoms with van der Waals surface area (Å²) in [6.07, 6.45) is 2.89. The topological polar surface area (TPSA) is 63.7 Å². The molecule has 2 aromatic carbocycles. The molecule has 2 heterocycles. The predicted octanol–water partition coefficient (Wildman–Crippen LogP) is 4.98. The first-order valence-corrected chi connectivity index (χ1v) is 11.8. The van der Waals surface area contributed by atoms with Crippen molar-refractivity contribution in [2.75, 3.05) is 27.3 Å². The van der Waals surface area contributed by atoms with Crippen LogP contribution in [0.15, 0.2) is 54.7 Å². The molecule has 1 unspecified atom stereocenters. The lowest BCUT2D eigenvalue weighted by Gasteiger charge is -2.17. The number of pyridine rings is 1. The smallest absolute Gasteiger partial charge is 0.251 e. The number of amides is 1. The number of nitrogens with zero attached hydrogens (tertiary/aromatic N) is 2. The summed E-state index contributed by atoms with van der Waals surface area (Å²) in [4.78, 5) is 19.7. The summed E-state index contributed by atoms with van der Waals surface area (Å²) in [6.45, 7) is 5.11. The highest BCUT2D eigenvalue weighted by atomic mass is 35.5. The zero-order valence-corrected chi connectivity index (χ0v) is 20.6. The van der Waals surface area contributed by atoms with Gasteiger partial charge in [0.15, 0.2) is 11.5 Å². The molecule has 1 aliphatic rings. The van der Waals surface area contributed by atoms with E-state index in [1.54, 1.807) is 32.4 Å². The molecule has 178 valence electrons. The molecule has 1 aromatic heterocycles. The molecule has 0 spiro atoms. The van der Waals surface area contributed by atoms with E-state index in [0.717, 1.165) is 54.4 Å². The Morgan fingerprint density at radius 1 is 1.12 bits per heavy atom. The van der Waals surface area contributed by atoms with E-state index in [-0.39, 0.29) is 5.91 Å². The normalized spacial score (nSPS) is 15.8. The van der Waals surface area contributed by atoms with Gasteiger partial charge in [-0.05, 0) is 73.0 Å². The van der Waals surface area contributed by atoms with Crippen LogP contribution in [-0.4, -0.2) is 43.1 Å². The van der Waals surface area contributed by atoms with E-state index in [1.807, 2.05) is 31.3 Å². The number of carbonyl (C=O) groups is 1. The minimum atomic E-state index is -0.125. The van der Waals surface area contributed by atoms with E-state index in [1.165, 1.54) is 5.56 Å². The first-order chi connectivity index (χ1) is 16.5. The van der Waals surface area contributed by atoms with Crippen LogP contribution in [0.1, 0.15) is 45.1 Å². The van der Waals surface area contributed by atoms with Gasteiger partial charge in [0.1, 0.15) is 0 Å². The highest BCUT2D eigenvalue weighted by Crippen LogP contribution is 2.31. The Balaban J connectivity index is 1.36. The van der Waals surface area contributed by atoms with Crippen molar-refractivity contribution in [1.82, 2.24) is 15.2 Å². The van der Waals surface area contributed by atoms with Crippen LogP contribution in [0.5, 0.6) is 11.5 Å². The summed E-state index contributed by atoms with van der Waals surface area (Å²) in [7, 11) is 3.30. The molecule has 1 amide bonds. The Labute approximate surface area is 205 Å². The summed E-state index contributed by atoms with van der Waals surface area (Å²) in [6, 6.07) is 15.5. The molecule has 0 aliphatic carbocycles. The zero-order valence-electron chi connectivity index (χ0n) is 19.8. The summed E-state index contributed by atoms with van der Waals surface area (Å²) in [5, 5.41) is 3.60.